The third-order valence-electron chi connectivity index (χ3n) is 4.82. The lowest BCUT2D eigenvalue weighted by Crippen LogP contribution is -2.47. The summed E-state index contributed by atoms with van der Waals surface area (Å²) in [5.74, 6) is -0.519. The summed E-state index contributed by atoms with van der Waals surface area (Å²) in [6, 6.07) is 6.09. The Labute approximate surface area is 141 Å². The number of aryl methyl sites for hydroxylation is 1. The van der Waals surface area contributed by atoms with Crippen molar-refractivity contribution in [2.45, 2.75) is 45.7 Å². The molecular formula is C18H23FN4O. The van der Waals surface area contributed by atoms with Crippen LogP contribution in [0.4, 0.5) is 4.39 Å². The second kappa shape index (κ2) is 6.73. The van der Waals surface area contributed by atoms with E-state index in [1.54, 1.807) is 12.1 Å². The number of hydrogen-bond donors (Lipinski definition) is 1. The summed E-state index contributed by atoms with van der Waals surface area (Å²) in [5.41, 5.74) is 9.42. The molecular weight excluding hydrogens is 307 g/mol. The van der Waals surface area contributed by atoms with Crippen LogP contribution in [0.3, 0.4) is 0 Å². The standard InChI is InChI=1S/C18H23FN4O/c1-12-16(11-22-10-4-3-5-17(22)18(20)24)13(2)23(21-12)15-8-6-14(19)7-9-15/h6-9,17H,3-5,10-11H2,1-2H3,(H2,20,24)/t17-/m0/s1. The number of halogens is 1. The average molecular weight is 330 g/mol. The predicted octanol–water partition coefficient (Wildman–Crippen LogP) is 2.47. The zero-order chi connectivity index (χ0) is 17.3. The molecule has 24 heavy (non-hydrogen) atoms. The summed E-state index contributed by atoms with van der Waals surface area (Å²) in [4.78, 5) is 13.9. The molecule has 2 aromatic rings. The SMILES string of the molecule is Cc1nn(-c2ccc(F)cc2)c(C)c1CN1CCCC[C@H]1C(N)=O. The molecule has 6 heteroatoms. The highest BCUT2D eigenvalue weighted by atomic mass is 19.1. The Morgan fingerprint density at radius 1 is 1.29 bits per heavy atom. The van der Waals surface area contributed by atoms with E-state index < -0.39 is 0 Å². The number of amides is 1. The number of nitrogens with two attached hydrogens (primary N) is 1. The number of benzene rings is 1. The Hall–Kier alpha value is -2.21. The molecule has 3 rings (SSSR count). The minimum absolute atomic E-state index is 0.202. The summed E-state index contributed by atoms with van der Waals surface area (Å²) >= 11 is 0. The van der Waals surface area contributed by atoms with E-state index in [4.69, 9.17) is 5.73 Å². The fourth-order valence-corrected chi connectivity index (χ4v) is 3.44. The molecule has 1 aromatic carbocycles. The van der Waals surface area contributed by atoms with Gasteiger partial charge in [0.1, 0.15) is 5.82 Å². The molecule has 0 saturated carbocycles. The lowest BCUT2D eigenvalue weighted by Gasteiger charge is -2.33. The fourth-order valence-electron chi connectivity index (χ4n) is 3.44. The second-order valence-electron chi connectivity index (χ2n) is 6.42. The van der Waals surface area contributed by atoms with E-state index in [0.29, 0.717) is 6.54 Å². The van der Waals surface area contributed by atoms with Crippen LogP contribution in [0.15, 0.2) is 24.3 Å². The fraction of sp³-hybridized carbons (Fsp3) is 0.444. The minimum Gasteiger partial charge on any atom is -0.368 e. The summed E-state index contributed by atoms with van der Waals surface area (Å²) < 4.78 is 15.0. The first-order valence-corrected chi connectivity index (χ1v) is 8.32. The van der Waals surface area contributed by atoms with E-state index in [-0.39, 0.29) is 17.8 Å². The van der Waals surface area contributed by atoms with Gasteiger partial charge in [-0.15, -0.1) is 0 Å². The molecule has 0 spiro atoms. The predicted molar refractivity (Wildman–Crippen MR) is 90.2 cm³/mol. The quantitative estimate of drug-likeness (QED) is 0.936. The van der Waals surface area contributed by atoms with Gasteiger partial charge in [0.25, 0.3) is 0 Å². The van der Waals surface area contributed by atoms with Gasteiger partial charge in [-0.25, -0.2) is 9.07 Å². The number of carbonyl (C=O) groups excluding carboxylic acids is 1. The van der Waals surface area contributed by atoms with E-state index in [2.05, 4.69) is 10.00 Å². The molecule has 1 aliphatic heterocycles. The van der Waals surface area contributed by atoms with E-state index in [0.717, 1.165) is 48.4 Å². The van der Waals surface area contributed by atoms with Crippen LogP contribution in [0.5, 0.6) is 0 Å². The first-order chi connectivity index (χ1) is 11.5. The van der Waals surface area contributed by atoms with Crippen molar-refractivity contribution in [3.63, 3.8) is 0 Å². The van der Waals surface area contributed by atoms with Crippen LogP contribution in [-0.2, 0) is 11.3 Å². The molecule has 2 heterocycles. The maximum atomic E-state index is 13.1. The van der Waals surface area contributed by atoms with Gasteiger partial charge >= 0.3 is 0 Å². The van der Waals surface area contributed by atoms with Crippen LogP contribution in [-0.4, -0.2) is 33.2 Å². The third-order valence-corrected chi connectivity index (χ3v) is 4.82. The highest BCUT2D eigenvalue weighted by molar-refractivity contribution is 5.79. The van der Waals surface area contributed by atoms with Crippen molar-refractivity contribution < 1.29 is 9.18 Å². The summed E-state index contributed by atoms with van der Waals surface area (Å²) in [5, 5.41) is 4.60. The molecule has 0 bridgehead atoms. The molecule has 5 nitrogen and oxygen atoms in total. The molecule has 0 unspecified atom stereocenters. The van der Waals surface area contributed by atoms with Gasteiger partial charge in [-0.2, -0.15) is 5.10 Å². The van der Waals surface area contributed by atoms with Gasteiger partial charge in [0.15, 0.2) is 0 Å². The molecule has 1 amide bonds. The van der Waals surface area contributed by atoms with Gasteiger partial charge in [0.05, 0.1) is 17.4 Å². The van der Waals surface area contributed by atoms with Crippen molar-refractivity contribution in [1.82, 2.24) is 14.7 Å². The smallest absolute Gasteiger partial charge is 0.234 e. The van der Waals surface area contributed by atoms with E-state index in [9.17, 15) is 9.18 Å². The number of piperidine rings is 1. The van der Waals surface area contributed by atoms with Gasteiger partial charge in [0, 0.05) is 17.8 Å². The Morgan fingerprint density at radius 3 is 2.67 bits per heavy atom. The van der Waals surface area contributed by atoms with Crippen LogP contribution < -0.4 is 5.73 Å². The van der Waals surface area contributed by atoms with Crippen LogP contribution in [0, 0.1) is 19.7 Å². The Morgan fingerprint density at radius 2 is 2.00 bits per heavy atom. The molecule has 1 aromatic heterocycles. The van der Waals surface area contributed by atoms with Crippen LogP contribution in [0.1, 0.15) is 36.2 Å². The zero-order valence-corrected chi connectivity index (χ0v) is 14.1. The number of hydrogen-bond acceptors (Lipinski definition) is 3. The van der Waals surface area contributed by atoms with Crippen molar-refractivity contribution in [1.29, 1.82) is 0 Å². The largest absolute Gasteiger partial charge is 0.368 e. The molecule has 1 fully saturated rings. The number of rotatable bonds is 4. The number of aromatic nitrogens is 2. The maximum Gasteiger partial charge on any atom is 0.234 e. The van der Waals surface area contributed by atoms with Crippen molar-refractivity contribution in [3.8, 4) is 5.69 Å². The van der Waals surface area contributed by atoms with Gasteiger partial charge in [-0.3, -0.25) is 9.69 Å². The number of likely N-dealkylation sites (tertiary alicyclic amines) is 1. The third kappa shape index (κ3) is 3.19. The van der Waals surface area contributed by atoms with Crippen molar-refractivity contribution in [2.75, 3.05) is 6.54 Å². The van der Waals surface area contributed by atoms with E-state index in [1.807, 2.05) is 18.5 Å². The van der Waals surface area contributed by atoms with Crippen molar-refractivity contribution in [3.05, 3.63) is 47.0 Å². The topological polar surface area (TPSA) is 64.2 Å². The lowest BCUT2D eigenvalue weighted by molar-refractivity contribution is -0.124. The van der Waals surface area contributed by atoms with Crippen molar-refractivity contribution >= 4 is 5.91 Å². The van der Waals surface area contributed by atoms with Crippen LogP contribution >= 0.6 is 0 Å². The van der Waals surface area contributed by atoms with Gasteiger partial charge in [0.2, 0.25) is 5.91 Å². The molecule has 0 radical (unpaired) electrons. The summed E-state index contributed by atoms with van der Waals surface area (Å²) in [6.07, 6.45) is 2.93. The molecule has 2 N–H and O–H groups in total. The van der Waals surface area contributed by atoms with E-state index >= 15 is 0 Å². The average Bonchev–Trinajstić information content (AvgIpc) is 2.84. The number of carbonyl (C=O) groups is 1. The molecule has 1 aliphatic rings. The highest BCUT2D eigenvalue weighted by Gasteiger charge is 2.28. The van der Waals surface area contributed by atoms with Crippen LogP contribution in [0.2, 0.25) is 0 Å². The molecule has 0 aliphatic carbocycles. The first-order valence-electron chi connectivity index (χ1n) is 8.32. The molecule has 128 valence electrons. The Bertz CT molecular complexity index is 738. The lowest BCUT2D eigenvalue weighted by atomic mass is 10.0. The van der Waals surface area contributed by atoms with Gasteiger partial charge in [-0.05, 0) is 57.5 Å². The minimum atomic E-state index is -0.266. The summed E-state index contributed by atoms with van der Waals surface area (Å²) in [7, 11) is 0. The monoisotopic (exact) mass is 330 g/mol. The molecule has 1 saturated heterocycles. The molecule has 1 atom stereocenters. The second-order valence-corrected chi connectivity index (χ2v) is 6.42. The number of primary amides is 1. The zero-order valence-electron chi connectivity index (χ0n) is 14.1. The van der Waals surface area contributed by atoms with Crippen LogP contribution in [0.25, 0.3) is 5.69 Å². The maximum absolute atomic E-state index is 13.1. The Kier molecular flexibility index (Phi) is 4.66. The highest BCUT2D eigenvalue weighted by Crippen LogP contribution is 2.24. The van der Waals surface area contributed by atoms with E-state index in [1.165, 1.54) is 12.1 Å². The normalized spacial score (nSPS) is 18.7. The van der Waals surface area contributed by atoms with Gasteiger partial charge < -0.3 is 5.73 Å². The number of nitrogens with zero attached hydrogens (tertiary/aromatic N) is 3. The Balaban J connectivity index is 1.89. The van der Waals surface area contributed by atoms with Gasteiger partial charge in [-0.1, -0.05) is 6.42 Å². The first kappa shape index (κ1) is 16.6. The van der Waals surface area contributed by atoms with Crippen molar-refractivity contribution in [2.24, 2.45) is 5.73 Å². The summed E-state index contributed by atoms with van der Waals surface area (Å²) in [6.45, 7) is 5.49.